The molecule has 0 spiro atoms. The van der Waals surface area contributed by atoms with Crippen LogP contribution in [0.2, 0.25) is 0 Å². The molecular weight excluding hydrogens is 264 g/mol. The summed E-state index contributed by atoms with van der Waals surface area (Å²) >= 11 is 0. The van der Waals surface area contributed by atoms with Crippen LogP contribution in [0, 0.1) is 5.92 Å². The summed E-state index contributed by atoms with van der Waals surface area (Å²) in [5.74, 6) is 0.375. The normalized spacial score (nSPS) is 24.1. The lowest BCUT2D eigenvalue weighted by molar-refractivity contribution is -0.137. The summed E-state index contributed by atoms with van der Waals surface area (Å²) in [6, 6.07) is 5.60. The van der Waals surface area contributed by atoms with Crippen LogP contribution in [-0.4, -0.2) is 39.0 Å². The summed E-state index contributed by atoms with van der Waals surface area (Å²) < 4.78 is 38.3. The standard InChI is InChI=1S/C14H18BF3N2/c1-3-10-8-20(15)9-13(10)19(2)12-6-4-5-11(7-12)14(16,17)18/h4-7,10,13H,3,8-9H2,1-2H3. The molecule has 0 aromatic heterocycles. The monoisotopic (exact) mass is 282 g/mol. The molecule has 1 aliphatic rings. The first-order valence-corrected chi connectivity index (χ1v) is 6.72. The molecule has 1 fully saturated rings. The van der Waals surface area contributed by atoms with Crippen molar-refractivity contribution in [2.45, 2.75) is 25.6 Å². The largest absolute Gasteiger partial charge is 0.416 e. The number of hydrogen-bond acceptors (Lipinski definition) is 2. The molecular formula is C14H18BF3N2. The first kappa shape index (κ1) is 15.2. The molecule has 0 amide bonds. The Kier molecular flexibility index (Phi) is 4.32. The van der Waals surface area contributed by atoms with E-state index in [-0.39, 0.29) is 6.04 Å². The Morgan fingerprint density at radius 2 is 2.05 bits per heavy atom. The second-order valence-electron chi connectivity index (χ2n) is 5.35. The molecule has 0 saturated carbocycles. The van der Waals surface area contributed by atoms with Crippen LogP contribution < -0.4 is 4.90 Å². The molecule has 108 valence electrons. The zero-order chi connectivity index (χ0) is 14.9. The van der Waals surface area contributed by atoms with Gasteiger partial charge in [0.25, 0.3) is 0 Å². The Balaban J connectivity index is 2.23. The number of alkyl halides is 3. The van der Waals surface area contributed by atoms with Gasteiger partial charge in [0.1, 0.15) is 0 Å². The third-order valence-corrected chi connectivity index (χ3v) is 4.04. The van der Waals surface area contributed by atoms with Crippen molar-refractivity contribution in [1.29, 1.82) is 0 Å². The maximum absolute atomic E-state index is 12.8. The Morgan fingerprint density at radius 3 is 2.65 bits per heavy atom. The Bertz CT molecular complexity index is 464. The van der Waals surface area contributed by atoms with Gasteiger partial charge in [-0.15, -0.1) is 0 Å². The summed E-state index contributed by atoms with van der Waals surface area (Å²) in [5, 5.41) is 0. The molecule has 2 radical (unpaired) electrons. The van der Waals surface area contributed by atoms with Gasteiger partial charge < -0.3 is 9.71 Å². The first-order valence-electron chi connectivity index (χ1n) is 6.72. The Morgan fingerprint density at radius 1 is 1.35 bits per heavy atom. The van der Waals surface area contributed by atoms with E-state index in [0.717, 1.165) is 19.0 Å². The minimum absolute atomic E-state index is 0.147. The minimum Gasteiger partial charge on any atom is -0.370 e. The molecule has 0 bridgehead atoms. The van der Waals surface area contributed by atoms with E-state index >= 15 is 0 Å². The van der Waals surface area contributed by atoms with Gasteiger partial charge in [0.2, 0.25) is 0 Å². The van der Waals surface area contributed by atoms with Gasteiger partial charge in [-0.2, -0.15) is 13.2 Å². The number of hydrogen-bond donors (Lipinski definition) is 0. The van der Waals surface area contributed by atoms with Crippen molar-refractivity contribution >= 4 is 13.7 Å². The predicted octanol–water partition coefficient (Wildman–Crippen LogP) is 2.94. The van der Waals surface area contributed by atoms with Gasteiger partial charge in [-0.1, -0.05) is 19.4 Å². The smallest absolute Gasteiger partial charge is 0.370 e. The summed E-state index contributed by atoms with van der Waals surface area (Å²) in [4.78, 5) is 3.65. The molecule has 1 aliphatic heterocycles. The highest BCUT2D eigenvalue weighted by Gasteiger charge is 2.34. The van der Waals surface area contributed by atoms with Gasteiger partial charge in [0, 0.05) is 25.3 Å². The third-order valence-electron chi connectivity index (χ3n) is 4.04. The highest BCUT2D eigenvalue weighted by molar-refractivity contribution is 6.04. The van der Waals surface area contributed by atoms with Crippen LogP contribution in [0.25, 0.3) is 0 Å². The van der Waals surface area contributed by atoms with Crippen LogP contribution in [-0.2, 0) is 6.18 Å². The minimum atomic E-state index is -4.31. The molecule has 6 heteroatoms. The lowest BCUT2D eigenvalue weighted by Crippen LogP contribution is -2.38. The average Bonchev–Trinajstić information content (AvgIpc) is 2.78. The quantitative estimate of drug-likeness (QED) is 0.786. The van der Waals surface area contributed by atoms with E-state index in [2.05, 4.69) is 6.92 Å². The SMILES string of the molecule is [B]N1CC(CC)C(N(C)c2cccc(C(F)(F)F)c2)C1. The van der Waals surface area contributed by atoms with Crippen LogP contribution in [0.5, 0.6) is 0 Å². The van der Waals surface area contributed by atoms with Crippen molar-refractivity contribution in [1.82, 2.24) is 4.81 Å². The first-order chi connectivity index (χ1) is 9.32. The summed E-state index contributed by atoms with van der Waals surface area (Å²) in [6.45, 7) is 3.53. The average molecular weight is 282 g/mol. The van der Waals surface area contributed by atoms with E-state index in [9.17, 15) is 13.2 Å². The fourth-order valence-corrected chi connectivity index (χ4v) is 2.82. The summed E-state index contributed by atoms with van der Waals surface area (Å²) in [6.07, 6.45) is -3.35. The van der Waals surface area contributed by atoms with Gasteiger partial charge in [0.15, 0.2) is 7.98 Å². The van der Waals surface area contributed by atoms with Gasteiger partial charge in [-0.25, -0.2) is 0 Å². The second kappa shape index (κ2) is 5.68. The van der Waals surface area contributed by atoms with Crippen LogP contribution in [0.15, 0.2) is 24.3 Å². The molecule has 0 N–H and O–H groups in total. The fraction of sp³-hybridized carbons (Fsp3) is 0.571. The van der Waals surface area contributed by atoms with Crippen LogP contribution in [0.4, 0.5) is 18.9 Å². The predicted molar refractivity (Wildman–Crippen MR) is 74.7 cm³/mol. The van der Waals surface area contributed by atoms with Gasteiger partial charge >= 0.3 is 6.18 Å². The lowest BCUT2D eigenvalue weighted by Gasteiger charge is -2.31. The zero-order valence-electron chi connectivity index (χ0n) is 11.7. The van der Waals surface area contributed by atoms with Crippen LogP contribution in [0.1, 0.15) is 18.9 Å². The van der Waals surface area contributed by atoms with E-state index in [1.807, 2.05) is 11.9 Å². The zero-order valence-corrected chi connectivity index (χ0v) is 11.7. The number of rotatable bonds is 3. The van der Waals surface area contributed by atoms with Gasteiger partial charge in [-0.05, 0) is 30.7 Å². The molecule has 2 rings (SSSR count). The van der Waals surface area contributed by atoms with E-state index in [0.29, 0.717) is 18.2 Å². The summed E-state index contributed by atoms with van der Waals surface area (Å²) in [5.41, 5.74) is -0.0314. The van der Waals surface area contributed by atoms with Crippen molar-refractivity contribution in [3.05, 3.63) is 29.8 Å². The van der Waals surface area contributed by atoms with Crippen molar-refractivity contribution in [2.24, 2.45) is 5.92 Å². The van der Waals surface area contributed by atoms with Gasteiger partial charge in [-0.3, -0.25) is 0 Å². The van der Waals surface area contributed by atoms with E-state index in [1.165, 1.54) is 12.1 Å². The molecule has 1 aromatic rings. The third kappa shape index (κ3) is 3.11. The number of likely N-dealkylation sites (N-methyl/N-ethyl adjacent to an activating group) is 1. The lowest BCUT2D eigenvalue weighted by atomic mass is 9.99. The topological polar surface area (TPSA) is 6.48 Å². The van der Waals surface area contributed by atoms with E-state index in [1.54, 1.807) is 10.9 Å². The number of benzene rings is 1. The molecule has 1 heterocycles. The highest BCUT2D eigenvalue weighted by atomic mass is 19.4. The highest BCUT2D eigenvalue weighted by Crippen LogP contribution is 2.33. The summed E-state index contributed by atoms with van der Waals surface area (Å²) in [7, 11) is 7.67. The number of halogens is 3. The Labute approximate surface area is 119 Å². The van der Waals surface area contributed by atoms with E-state index in [4.69, 9.17) is 7.98 Å². The number of anilines is 1. The molecule has 1 aromatic carbocycles. The molecule has 2 atom stereocenters. The second-order valence-corrected chi connectivity index (χ2v) is 5.35. The fourth-order valence-electron chi connectivity index (χ4n) is 2.82. The van der Waals surface area contributed by atoms with Crippen molar-refractivity contribution in [3.63, 3.8) is 0 Å². The van der Waals surface area contributed by atoms with Crippen molar-refractivity contribution in [2.75, 3.05) is 25.0 Å². The Hall–Kier alpha value is -1.17. The number of nitrogens with zero attached hydrogens (tertiary/aromatic N) is 2. The van der Waals surface area contributed by atoms with E-state index < -0.39 is 11.7 Å². The van der Waals surface area contributed by atoms with Crippen molar-refractivity contribution < 1.29 is 13.2 Å². The molecule has 1 saturated heterocycles. The molecule has 2 unspecified atom stereocenters. The maximum atomic E-state index is 12.8. The maximum Gasteiger partial charge on any atom is 0.416 e. The molecule has 20 heavy (non-hydrogen) atoms. The van der Waals surface area contributed by atoms with Crippen LogP contribution >= 0.6 is 0 Å². The van der Waals surface area contributed by atoms with Crippen LogP contribution in [0.3, 0.4) is 0 Å². The van der Waals surface area contributed by atoms with Gasteiger partial charge in [0.05, 0.1) is 5.56 Å². The van der Waals surface area contributed by atoms with Crippen molar-refractivity contribution in [3.8, 4) is 0 Å². The molecule has 0 aliphatic carbocycles. The molecule has 2 nitrogen and oxygen atoms in total.